The van der Waals surface area contributed by atoms with Crippen molar-refractivity contribution in [1.82, 2.24) is 9.88 Å². The lowest BCUT2D eigenvalue weighted by Crippen LogP contribution is -2.21. The Morgan fingerprint density at radius 1 is 1.05 bits per heavy atom. The molecule has 0 aliphatic heterocycles. The maximum Gasteiger partial charge on any atom is 0.257 e. The summed E-state index contributed by atoms with van der Waals surface area (Å²) in [5.41, 5.74) is 1.57. The van der Waals surface area contributed by atoms with Gasteiger partial charge < -0.3 is 10.2 Å². The molecule has 1 aromatic carbocycles. The molecule has 1 N–H and O–H groups in total. The fraction of sp³-hybridized carbons (Fsp3) is 0.133. The first-order valence-electron chi connectivity index (χ1n) is 6.22. The van der Waals surface area contributed by atoms with E-state index in [4.69, 9.17) is 11.6 Å². The van der Waals surface area contributed by atoms with Crippen LogP contribution in [0.1, 0.15) is 20.7 Å². The summed E-state index contributed by atoms with van der Waals surface area (Å²) in [5, 5.41) is 3.06. The Balaban J connectivity index is 2.08. The molecule has 0 aliphatic carbocycles. The van der Waals surface area contributed by atoms with Crippen molar-refractivity contribution in [3.8, 4) is 0 Å². The van der Waals surface area contributed by atoms with Crippen LogP contribution in [-0.4, -0.2) is 35.8 Å². The minimum Gasteiger partial charge on any atom is -0.345 e. The van der Waals surface area contributed by atoms with Gasteiger partial charge in [-0.3, -0.25) is 9.59 Å². The molecule has 2 aromatic rings. The summed E-state index contributed by atoms with van der Waals surface area (Å²) in [7, 11) is 3.37. The predicted molar refractivity (Wildman–Crippen MR) is 81.7 cm³/mol. The normalized spacial score (nSPS) is 10.0. The Bertz CT molecular complexity index is 652. The average Bonchev–Trinajstić information content (AvgIpc) is 2.47. The Morgan fingerprint density at radius 2 is 1.67 bits per heavy atom. The molecule has 1 heterocycles. The first-order valence-corrected chi connectivity index (χ1v) is 6.60. The molecule has 5 nitrogen and oxygen atoms in total. The molecule has 0 unspecified atom stereocenters. The first kappa shape index (κ1) is 15.0. The highest BCUT2D eigenvalue weighted by molar-refractivity contribution is 6.29. The standard InChI is InChI=1S/C15H14ClN3O2/c1-19(2)15(21)10-3-6-12(7-4-10)18-14(20)11-5-8-13(16)17-9-11/h3-9H,1-2H3,(H,18,20). The quantitative estimate of drug-likeness (QED) is 0.887. The van der Waals surface area contributed by atoms with E-state index in [0.717, 1.165) is 0 Å². The van der Waals surface area contributed by atoms with Gasteiger partial charge in [-0.1, -0.05) is 11.6 Å². The zero-order valence-corrected chi connectivity index (χ0v) is 12.4. The van der Waals surface area contributed by atoms with Gasteiger partial charge in [0.2, 0.25) is 0 Å². The molecule has 108 valence electrons. The molecule has 0 atom stereocenters. The van der Waals surface area contributed by atoms with Crippen molar-refractivity contribution in [1.29, 1.82) is 0 Å². The van der Waals surface area contributed by atoms with Crippen LogP contribution in [0.3, 0.4) is 0 Å². The summed E-state index contributed by atoms with van der Waals surface area (Å²) >= 11 is 5.67. The number of benzene rings is 1. The van der Waals surface area contributed by atoms with Gasteiger partial charge >= 0.3 is 0 Å². The van der Waals surface area contributed by atoms with Gasteiger partial charge in [0, 0.05) is 31.5 Å². The molecular weight excluding hydrogens is 290 g/mol. The summed E-state index contributed by atoms with van der Waals surface area (Å²) in [5.74, 6) is -0.374. The van der Waals surface area contributed by atoms with E-state index in [1.807, 2.05) is 0 Å². The molecule has 0 saturated carbocycles. The number of carbonyl (C=O) groups excluding carboxylic acids is 2. The number of aromatic nitrogens is 1. The lowest BCUT2D eigenvalue weighted by molar-refractivity contribution is 0.0827. The van der Waals surface area contributed by atoms with Crippen LogP contribution in [0.2, 0.25) is 5.15 Å². The topological polar surface area (TPSA) is 62.3 Å². The third kappa shape index (κ3) is 3.79. The van der Waals surface area contributed by atoms with Crippen LogP contribution in [0.15, 0.2) is 42.6 Å². The third-order valence-corrected chi connectivity index (χ3v) is 3.01. The van der Waals surface area contributed by atoms with Gasteiger partial charge in [-0.2, -0.15) is 0 Å². The van der Waals surface area contributed by atoms with Crippen molar-refractivity contribution in [3.05, 3.63) is 58.9 Å². The maximum atomic E-state index is 12.0. The zero-order chi connectivity index (χ0) is 15.4. The Kier molecular flexibility index (Phi) is 4.55. The molecule has 6 heteroatoms. The van der Waals surface area contributed by atoms with Crippen LogP contribution in [0.25, 0.3) is 0 Å². The second-order valence-corrected chi connectivity index (χ2v) is 4.99. The number of hydrogen-bond acceptors (Lipinski definition) is 3. The molecule has 0 bridgehead atoms. The van der Waals surface area contributed by atoms with E-state index in [9.17, 15) is 9.59 Å². The highest BCUT2D eigenvalue weighted by atomic mass is 35.5. The van der Waals surface area contributed by atoms with E-state index < -0.39 is 0 Å². The molecular formula is C15H14ClN3O2. The van der Waals surface area contributed by atoms with Gasteiger partial charge in [0.1, 0.15) is 5.15 Å². The van der Waals surface area contributed by atoms with E-state index in [1.165, 1.54) is 11.1 Å². The van der Waals surface area contributed by atoms with Gasteiger partial charge in [0.25, 0.3) is 11.8 Å². The summed E-state index contributed by atoms with van der Waals surface area (Å²) in [4.78, 5) is 29.1. The smallest absolute Gasteiger partial charge is 0.257 e. The van der Waals surface area contributed by atoms with Crippen molar-refractivity contribution >= 4 is 29.1 Å². The minimum absolute atomic E-state index is 0.0882. The number of hydrogen-bond donors (Lipinski definition) is 1. The van der Waals surface area contributed by atoms with Crippen molar-refractivity contribution in [3.63, 3.8) is 0 Å². The average molecular weight is 304 g/mol. The van der Waals surface area contributed by atoms with Gasteiger partial charge in [-0.25, -0.2) is 4.98 Å². The molecule has 2 amide bonds. The van der Waals surface area contributed by atoms with Crippen molar-refractivity contribution in [2.45, 2.75) is 0 Å². The molecule has 0 radical (unpaired) electrons. The second-order valence-electron chi connectivity index (χ2n) is 4.60. The molecule has 0 saturated heterocycles. The number of amides is 2. The van der Waals surface area contributed by atoms with E-state index >= 15 is 0 Å². The van der Waals surface area contributed by atoms with Gasteiger partial charge in [0.15, 0.2) is 0 Å². The number of nitrogens with zero attached hydrogens (tertiary/aromatic N) is 2. The van der Waals surface area contributed by atoms with E-state index in [0.29, 0.717) is 22.0 Å². The van der Waals surface area contributed by atoms with Gasteiger partial charge in [-0.05, 0) is 36.4 Å². The lowest BCUT2D eigenvalue weighted by Gasteiger charge is -2.11. The van der Waals surface area contributed by atoms with Crippen LogP contribution < -0.4 is 5.32 Å². The largest absolute Gasteiger partial charge is 0.345 e. The summed E-state index contributed by atoms with van der Waals surface area (Å²) in [6.07, 6.45) is 1.40. The molecule has 2 rings (SSSR count). The summed E-state index contributed by atoms with van der Waals surface area (Å²) in [6.45, 7) is 0. The molecule has 0 spiro atoms. The fourth-order valence-corrected chi connectivity index (χ4v) is 1.78. The first-order chi connectivity index (χ1) is 9.97. The monoisotopic (exact) mass is 303 g/mol. The van der Waals surface area contributed by atoms with Crippen molar-refractivity contribution in [2.75, 3.05) is 19.4 Å². The van der Waals surface area contributed by atoms with Crippen LogP contribution in [0.5, 0.6) is 0 Å². The predicted octanol–water partition coefficient (Wildman–Crippen LogP) is 2.69. The van der Waals surface area contributed by atoms with Crippen molar-refractivity contribution < 1.29 is 9.59 Å². The van der Waals surface area contributed by atoms with Crippen LogP contribution >= 0.6 is 11.6 Å². The van der Waals surface area contributed by atoms with Gasteiger partial charge in [0.05, 0.1) is 5.56 Å². The number of rotatable bonds is 3. The van der Waals surface area contributed by atoms with Crippen LogP contribution in [-0.2, 0) is 0 Å². The molecule has 0 fully saturated rings. The van der Waals surface area contributed by atoms with E-state index in [1.54, 1.807) is 50.5 Å². The van der Waals surface area contributed by atoms with Crippen LogP contribution in [0.4, 0.5) is 5.69 Å². The van der Waals surface area contributed by atoms with Crippen LogP contribution in [0, 0.1) is 0 Å². The number of nitrogens with one attached hydrogen (secondary N) is 1. The Morgan fingerprint density at radius 3 is 2.19 bits per heavy atom. The molecule has 1 aromatic heterocycles. The zero-order valence-electron chi connectivity index (χ0n) is 11.6. The Hall–Kier alpha value is -2.40. The maximum absolute atomic E-state index is 12.0. The minimum atomic E-state index is -0.286. The number of pyridine rings is 1. The SMILES string of the molecule is CN(C)C(=O)c1ccc(NC(=O)c2ccc(Cl)nc2)cc1. The summed E-state index contributed by atoms with van der Waals surface area (Å²) in [6, 6.07) is 9.83. The van der Waals surface area contributed by atoms with Crippen molar-refractivity contribution in [2.24, 2.45) is 0 Å². The third-order valence-electron chi connectivity index (χ3n) is 2.79. The fourth-order valence-electron chi connectivity index (χ4n) is 1.67. The lowest BCUT2D eigenvalue weighted by atomic mass is 10.2. The van der Waals surface area contributed by atoms with E-state index in [-0.39, 0.29) is 11.8 Å². The van der Waals surface area contributed by atoms with E-state index in [2.05, 4.69) is 10.3 Å². The molecule has 21 heavy (non-hydrogen) atoms. The van der Waals surface area contributed by atoms with Gasteiger partial charge in [-0.15, -0.1) is 0 Å². The number of halogens is 1. The number of anilines is 1. The Labute approximate surface area is 127 Å². The number of carbonyl (C=O) groups is 2. The molecule has 0 aliphatic rings. The highest BCUT2D eigenvalue weighted by Crippen LogP contribution is 2.13. The highest BCUT2D eigenvalue weighted by Gasteiger charge is 2.09. The second kappa shape index (κ2) is 6.37. The summed E-state index contributed by atoms with van der Waals surface area (Å²) < 4.78 is 0.